The highest BCUT2D eigenvalue weighted by Crippen LogP contribution is 2.27. The zero-order valence-corrected chi connectivity index (χ0v) is 26.1. The lowest BCUT2D eigenvalue weighted by molar-refractivity contribution is -0.125. The Kier molecular flexibility index (Phi) is 11.0. The maximum absolute atomic E-state index is 14.4. The fourth-order valence-electron chi connectivity index (χ4n) is 4.26. The monoisotopic (exact) mass is 654 g/mol. The molecule has 0 radical (unpaired) electrons. The molecule has 0 aliphatic rings. The maximum Gasteiger partial charge on any atom is 0.410 e. The molecule has 15 heteroatoms. The van der Waals surface area contributed by atoms with Gasteiger partial charge in [0.25, 0.3) is 11.5 Å². The quantitative estimate of drug-likeness (QED) is 0.219. The summed E-state index contributed by atoms with van der Waals surface area (Å²) < 4.78 is 53.9. The summed E-state index contributed by atoms with van der Waals surface area (Å²) in [5.74, 6) is -2.98. The van der Waals surface area contributed by atoms with Crippen LogP contribution in [0, 0.1) is 17.5 Å². The minimum absolute atomic E-state index is 0.00109. The average molecular weight is 655 g/mol. The largest absolute Gasteiger partial charge is 0.486 e. The number of allylic oxidation sites excluding steroid dienone is 1. The second-order valence-corrected chi connectivity index (χ2v) is 10.8. The number of carbonyl (C=O) groups excluding carboxylic acids is 3. The van der Waals surface area contributed by atoms with Crippen LogP contribution in [0.4, 0.5) is 23.7 Å². The number of aromatic nitrogens is 3. The summed E-state index contributed by atoms with van der Waals surface area (Å²) in [5, 5.41) is 2.51. The van der Waals surface area contributed by atoms with Crippen molar-refractivity contribution in [3.8, 4) is 5.75 Å². The lowest BCUT2D eigenvalue weighted by atomic mass is 10.1. The number of anilines is 1. The molecule has 4 rings (SSSR count). The van der Waals surface area contributed by atoms with Crippen LogP contribution in [-0.2, 0) is 27.5 Å². The van der Waals surface area contributed by atoms with Crippen LogP contribution in [0.5, 0.6) is 5.75 Å². The van der Waals surface area contributed by atoms with E-state index in [1.54, 1.807) is 20.2 Å². The van der Waals surface area contributed by atoms with Crippen LogP contribution in [0.3, 0.4) is 0 Å². The number of ether oxygens (including phenoxy) is 2. The van der Waals surface area contributed by atoms with Gasteiger partial charge in [-0.15, -0.1) is 0 Å². The molecule has 1 atom stereocenters. The fourth-order valence-corrected chi connectivity index (χ4v) is 4.26. The van der Waals surface area contributed by atoms with Crippen LogP contribution in [-0.4, -0.2) is 76.5 Å². The molecule has 2 heterocycles. The van der Waals surface area contributed by atoms with Crippen molar-refractivity contribution in [3.63, 3.8) is 0 Å². The maximum atomic E-state index is 14.4. The molecule has 3 amide bonds. The van der Waals surface area contributed by atoms with Gasteiger partial charge < -0.3 is 34.1 Å². The van der Waals surface area contributed by atoms with Crippen molar-refractivity contribution in [2.24, 2.45) is 0 Å². The van der Waals surface area contributed by atoms with Gasteiger partial charge in [-0.25, -0.2) is 22.9 Å². The summed E-state index contributed by atoms with van der Waals surface area (Å²) in [6.45, 7) is -0.433. The first-order chi connectivity index (χ1) is 22.3. The van der Waals surface area contributed by atoms with Gasteiger partial charge in [-0.2, -0.15) is 0 Å². The summed E-state index contributed by atoms with van der Waals surface area (Å²) in [7, 11) is 6.09. The predicted octanol–water partition coefficient (Wildman–Crippen LogP) is 4.20. The Balaban J connectivity index is 1.50. The van der Waals surface area contributed by atoms with Crippen LogP contribution in [0.25, 0.3) is 11.0 Å². The number of benzene rings is 2. The number of H-pyrrole nitrogens is 1. The van der Waals surface area contributed by atoms with Crippen LogP contribution in [0.15, 0.2) is 65.6 Å². The van der Waals surface area contributed by atoms with Gasteiger partial charge in [0, 0.05) is 52.1 Å². The number of imidazole rings is 1. The van der Waals surface area contributed by atoms with E-state index in [9.17, 15) is 32.3 Å². The molecule has 4 aromatic rings. The summed E-state index contributed by atoms with van der Waals surface area (Å²) in [6.07, 6.45) is 2.58. The first-order valence-corrected chi connectivity index (χ1v) is 14.3. The Morgan fingerprint density at radius 1 is 1.04 bits per heavy atom. The summed E-state index contributed by atoms with van der Waals surface area (Å²) >= 11 is 0. The number of rotatable bonds is 12. The minimum atomic E-state index is -1.27. The van der Waals surface area contributed by atoms with E-state index in [4.69, 9.17) is 9.47 Å². The molecule has 2 aromatic carbocycles. The Hall–Kier alpha value is -5.60. The van der Waals surface area contributed by atoms with Crippen molar-refractivity contribution >= 4 is 34.6 Å². The number of carbonyl (C=O) groups is 3. The molecule has 0 bridgehead atoms. The van der Waals surface area contributed by atoms with Gasteiger partial charge in [0.05, 0.1) is 12.1 Å². The lowest BCUT2D eigenvalue weighted by Crippen LogP contribution is -2.37. The molecule has 0 aliphatic heterocycles. The molecule has 0 aliphatic carbocycles. The van der Waals surface area contributed by atoms with E-state index in [-0.39, 0.29) is 65.8 Å². The van der Waals surface area contributed by atoms with E-state index < -0.39 is 41.1 Å². The fraction of sp³-hybridized carbons (Fsp3) is 0.281. The van der Waals surface area contributed by atoms with Gasteiger partial charge in [-0.3, -0.25) is 14.4 Å². The Bertz CT molecular complexity index is 1870. The van der Waals surface area contributed by atoms with Crippen LogP contribution < -0.4 is 15.6 Å². The molecule has 2 N–H and O–H groups in total. The topological polar surface area (TPSA) is 139 Å². The Labute approximate surface area is 267 Å². The number of pyridine rings is 1. The summed E-state index contributed by atoms with van der Waals surface area (Å²) in [5.41, 5.74) is -0.189. The van der Waals surface area contributed by atoms with Crippen LogP contribution in [0.1, 0.15) is 24.2 Å². The third-order valence-corrected chi connectivity index (χ3v) is 6.76. The first kappa shape index (κ1) is 34.3. The predicted molar refractivity (Wildman–Crippen MR) is 166 cm³/mol. The van der Waals surface area contributed by atoms with Gasteiger partial charge >= 0.3 is 6.09 Å². The highest BCUT2D eigenvalue weighted by Gasteiger charge is 2.24. The highest BCUT2D eigenvalue weighted by atomic mass is 19.1. The van der Waals surface area contributed by atoms with Crippen molar-refractivity contribution in [2.45, 2.75) is 32.1 Å². The number of likely N-dealkylation sites (N-methyl/N-ethyl adjacent to an activating group) is 1. The summed E-state index contributed by atoms with van der Waals surface area (Å²) in [6, 6.07) is 8.16. The van der Waals surface area contributed by atoms with Crippen LogP contribution >= 0.6 is 0 Å². The Morgan fingerprint density at radius 2 is 1.81 bits per heavy atom. The van der Waals surface area contributed by atoms with Gasteiger partial charge in [-0.05, 0) is 49.2 Å². The zero-order valence-electron chi connectivity index (χ0n) is 26.1. The number of hydrogen-bond donors (Lipinski definition) is 2. The molecular formula is C32H33F3N6O6. The van der Waals surface area contributed by atoms with E-state index in [1.807, 2.05) is 0 Å². The molecule has 0 saturated heterocycles. The van der Waals surface area contributed by atoms with Crippen molar-refractivity contribution < 1.29 is 37.0 Å². The Morgan fingerprint density at radius 3 is 2.51 bits per heavy atom. The third kappa shape index (κ3) is 8.99. The SMILES string of the molecule is CN(C)C(=O)/C=C/CCC(OC(=O)N(C)C)C(=O)Nc1cccn(Cc2nc3c(OCc4ccc(F)cc4F)cc(F)cc3[nH]2)c1=O. The van der Waals surface area contributed by atoms with Gasteiger partial charge in [0.2, 0.25) is 5.91 Å². The molecule has 47 heavy (non-hydrogen) atoms. The van der Waals surface area contributed by atoms with E-state index in [0.29, 0.717) is 6.07 Å². The van der Waals surface area contributed by atoms with Crippen LogP contribution in [0.2, 0.25) is 0 Å². The van der Waals surface area contributed by atoms with Crippen molar-refractivity contribution in [1.29, 1.82) is 0 Å². The van der Waals surface area contributed by atoms with Gasteiger partial charge in [0.15, 0.2) is 11.9 Å². The second kappa shape index (κ2) is 15.1. The number of nitrogens with zero attached hydrogens (tertiary/aromatic N) is 4. The van der Waals surface area contributed by atoms with E-state index >= 15 is 0 Å². The lowest BCUT2D eigenvalue weighted by Gasteiger charge is -2.19. The third-order valence-electron chi connectivity index (χ3n) is 6.76. The molecule has 2 aromatic heterocycles. The molecule has 0 spiro atoms. The number of amides is 3. The zero-order chi connectivity index (χ0) is 34.2. The van der Waals surface area contributed by atoms with Crippen molar-refractivity contribution in [2.75, 3.05) is 33.5 Å². The smallest absolute Gasteiger partial charge is 0.410 e. The summed E-state index contributed by atoms with van der Waals surface area (Å²) in [4.78, 5) is 60.4. The minimum Gasteiger partial charge on any atom is -0.486 e. The molecule has 0 fully saturated rings. The highest BCUT2D eigenvalue weighted by molar-refractivity contribution is 5.95. The van der Waals surface area contributed by atoms with Crippen molar-refractivity contribution in [1.82, 2.24) is 24.3 Å². The van der Waals surface area contributed by atoms with E-state index in [2.05, 4.69) is 15.3 Å². The van der Waals surface area contributed by atoms with E-state index in [1.165, 1.54) is 60.1 Å². The number of fused-ring (bicyclic) bond motifs is 1. The number of hydrogen-bond acceptors (Lipinski definition) is 7. The standard InChI is InChI=1S/C32H33F3N6O6/c1-39(2)28(42)10-6-5-9-25(47-32(45)40(3)4)30(43)37-23-8-7-13-41(31(23)44)17-27-36-24-15-21(34)16-26(29(24)38-27)46-18-19-11-12-20(33)14-22(19)35/h6-8,10-16,25H,5,9,17-18H2,1-4H3,(H,36,38)(H,37,43)/b10-6+. The second-order valence-electron chi connectivity index (χ2n) is 10.8. The number of halogens is 3. The average Bonchev–Trinajstić information content (AvgIpc) is 3.41. The van der Waals surface area contributed by atoms with Crippen molar-refractivity contribution in [3.05, 3.63) is 100 Å². The molecular weight excluding hydrogens is 621 g/mol. The molecule has 12 nitrogen and oxygen atoms in total. The normalized spacial score (nSPS) is 11.8. The van der Waals surface area contributed by atoms with Gasteiger partial charge in [-0.1, -0.05) is 6.08 Å². The number of nitrogens with one attached hydrogen (secondary N) is 2. The van der Waals surface area contributed by atoms with Gasteiger partial charge in [0.1, 0.15) is 41.1 Å². The molecule has 248 valence electrons. The molecule has 0 saturated carbocycles. The number of aromatic amines is 1. The first-order valence-electron chi connectivity index (χ1n) is 14.3. The van der Waals surface area contributed by atoms with E-state index in [0.717, 1.165) is 17.0 Å². The molecule has 1 unspecified atom stereocenters.